The van der Waals surface area contributed by atoms with Gasteiger partial charge in [0.2, 0.25) is 5.91 Å². The van der Waals surface area contributed by atoms with Gasteiger partial charge in [0.15, 0.2) is 5.69 Å². The number of benzene rings is 1. The zero-order valence-electron chi connectivity index (χ0n) is 13.9. The number of anilines is 1. The van der Waals surface area contributed by atoms with Crippen LogP contribution in [0.25, 0.3) is 0 Å². The lowest BCUT2D eigenvalue weighted by Crippen LogP contribution is -2.57. The molecular weight excluding hydrogens is 326 g/mol. The van der Waals surface area contributed by atoms with Crippen LogP contribution < -0.4 is 4.90 Å². The molecule has 2 amide bonds. The quantitative estimate of drug-likeness (QED) is 0.800. The Morgan fingerprint density at radius 2 is 2.12 bits per heavy atom. The van der Waals surface area contributed by atoms with Crippen LogP contribution >= 0.6 is 11.8 Å². The highest BCUT2D eigenvalue weighted by Gasteiger charge is 2.35. The molecule has 1 aliphatic rings. The molecule has 0 N–H and O–H groups in total. The van der Waals surface area contributed by atoms with Gasteiger partial charge in [0.25, 0.3) is 5.91 Å². The summed E-state index contributed by atoms with van der Waals surface area (Å²) in [5, 5.41) is 3.75. The van der Waals surface area contributed by atoms with Crippen LogP contribution in [-0.4, -0.2) is 47.3 Å². The average molecular weight is 345 g/mol. The Balaban J connectivity index is 1.82. The Labute approximate surface area is 144 Å². The molecule has 126 valence electrons. The molecule has 1 aliphatic heterocycles. The Hall–Kier alpha value is -2.28. The van der Waals surface area contributed by atoms with E-state index in [0.717, 1.165) is 10.6 Å². The van der Waals surface area contributed by atoms with E-state index in [-0.39, 0.29) is 30.1 Å². The second kappa shape index (κ2) is 6.68. The second-order valence-corrected chi connectivity index (χ2v) is 6.64. The van der Waals surface area contributed by atoms with Crippen LogP contribution in [0.4, 0.5) is 5.69 Å². The van der Waals surface area contributed by atoms with Gasteiger partial charge in [-0.3, -0.25) is 9.59 Å². The first-order chi connectivity index (χ1) is 11.5. The van der Waals surface area contributed by atoms with Crippen molar-refractivity contribution in [3.63, 3.8) is 0 Å². The monoisotopic (exact) mass is 345 g/mol. The predicted molar refractivity (Wildman–Crippen MR) is 92.3 cm³/mol. The normalized spacial score (nSPS) is 18.1. The molecular formula is C17H19N3O3S. The lowest BCUT2D eigenvalue weighted by molar-refractivity contribution is -0.121. The lowest BCUT2D eigenvalue weighted by atomic mass is 10.1. The van der Waals surface area contributed by atoms with E-state index in [1.807, 2.05) is 37.4 Å². The number of thioether (sulfide) groups is 1. The number of hydrogen-bond acceptors (Lipinski definition) is 5. The number of aromatic nitrogens is 1. The van der Waals surface area contributed by atoms with Crippen LogP contribution in [-0.2, 0) is 4.79 Å². The van der Waals surface area contributed by atoms with Crippen molar-refractivity contribution in [2.24, 2.45) is 0 Å². The standard InChI is InChI=1S/C17H19N3O3S/c1-11-9-19(17(22)13-8-12(2)23-18-13)10-16(21)20(11)14-6-4-5-7-15(14)24-3/h4-8,11H,9-10H2,1-3H3. The number of rotatable bonds is 3. The van der Waals surface area contributed by atoms with Gasteiger partial charge in [0.05, 0.1) is 11.7 Å². The highest BCUT2D eigenvalue weighted by Crippen LogP contribution is 2.31. The maximum atomic E-state index is 12.7. The average Bonchev–Trinajstić information content (AvgIpc) is 3.00. The molecule has 0 radical (unpaired) electrons. The van der Waals surface area contributed by atoms with Crippen molar-refractivity contribution in [3.8, 4) is 0 Å². The van der Waals surface area contributed by atoms with Gasteiger partial charge in [-0.2, -0.15) is 0 Å². The van der Waals surface area contributed by atoms with Crippen LogP contribution in [0.3, 0.4) is 0 Å². The fourth-order valence-electron chi connectivity index (χ4n) is 2.93. The Morgan fingerprint density at radius 1 is 1.38 bits per heavy atom. The van der Waals surface area contributed by atoms with Gasteiger partial charge in [-0.1, -0.05) is 17.3 Å². The molecule has 1 aromatic heterocycles. The van der Waals surface area contributed by atoms with E-state index in [0.29, 0.717) is 12.3 Å². The summed E-state index contributed by atoms with van der Waals surface area (Å²) in [6, 6.07) is 9.29. The smallest absolute Gasteiger partial charge is 0.276 e. The maximum Gasteiger partial charge on any atom is 0.276 e. The Morgan fingerprint density at radius 3 is 2.75 bits per heavy atom. The maximum absolute atomic E-state index is 12.7. The van der Waals surface area contributed by atoms with Crippen LogP contribution in [0.1, 0.15) is 23.2 Å². The minimum absolute atomic E-state index is 0.0395. The molecule has 1 aromatic carbocycles. The van der Waals surface area contributed by atoms with E-state index < -0.39 is 0 Å². The van der Waals surface area contributed by atoms with Crippen LogP contribution in [0, 0.1) is 6.92 Å². The van der Waals surface area contributed by atoms with Crippen molar-refractivity contribution < 1.29 is 14.1 Å². The fourth-order valence-corrected chi connectivity index (χ4v) is 3.53. The highest BCUT2D eigenvalue weighted by atomic mass is 32.2. The summed E-state index contributed by atoms with van der Waals surface area (Å²) in [6.07, 6.45) is 1.99. The second-order valence-electron chi connectivity index (χ2n) is 5.79. The summed E-state index contributed by atoms with van der Waals surface area (Å²) < 4.78 is 4.96. The van der Waals surface area contributed by atoms with E-state index in [2.05, 4.69) is 5.16 Å². The molecule has 2 aromatic rings. The van der Waals surface area contributed by atoms with Crippen LogP contribution in [0.15, 0.2) is 39.8 Å². The van der Waals surface area contributed by atoms with Crippen LogP contribution in [0.5, 0.6) is 0 Å². The van der Waals surface area contributed by atoms with E-state index >= 15 is 0 Å². The number of aryl methyl sites for hydroxylation is 1. The van der Waals surface area contributed by atoms with E-state index in [1.54, 1.807) is 29.7 Å². The first-order valence-corrected chi connectivity index (χ1v) is 8.91. The molecule has 2 heterocycles. The third kappa shape index (κ3) is 3.03. The number of carbonyl (C=O) groups excluding carboxylic acids is 2. The van der Waals surface area contributed by atoms with Gasteiger partial charge in [-0.15, -0.1) is 11.8 Å². The number of hydrogen-bond donors (Lipinski definition) is 0. The lowest BCUT2D eigenvalue weighted by Gasteiger charge is -2.39. The number of nitrogens with zero attached hydrogens (tertiary/aromatic N) is 3. The van der Waals surface area contributed by atoms with E-state index in [4.69, 9.17) is 4.52 Å². The largest absolute Gasteiger partial charge is 0.361 e. The van der Waals surface area contributed by atoms with Crippen LogP contribution in [0.2, 0.25) is 0 Å². The molecule has 0 bridgehead atoms. The molecule has 7 heteroatoms. The molecule has 1 unspecified atom stereocenters. The number of amides is 2. The highest BCUT2D eigenvalue weighted by molar-refractivity contribution is 7.98. The van der Waals surface area contributed by atoms with Gasteiger partial charge >= 0.3 is 0 Å². The SMILES string of the molecule is CSc1ccccc1N1C(=O)CN(C(=O)c2cc(C)on2)CC1C. The third-order valence-electron chi connectivity index (χ3n) is 4.00. The molecule has 1 saturated heterocycles. The van der Waals surface area contributed by atoms with Crippen molar-refractivity contribution in [2.45, 2.75) is 24.8 Å². The fraction of sp³-hybridized carbons (Fsp3) is 0.353. The first-order valence-electron chi connectivity index (χ1n) is 7.69. The molecule has 0 aliphatic carbocycles. The Bertz CT molecular complexity index is 774. The molecule has 3 rings (SSSR count). The Kier molecular flexibility index (Phi) is 4.62. The zero-order valence-corrected chi connectivity index (χ0v) is 14.7. The van der Waals surface area contributed by atoms with Gasteiger partial charge in [0, 0.05) is 17.5 Å². The minimum Gasteiger partial charge on any atom is -0.361 e. The van der Waals surface area contributed by atoms with Gasteiger partial charge in [-0.05, 0) is 32.2 Å². The number of carbonyl (C=O) groups is 2. The zero-order chi connectivity index (χ0) is 17.3. The molecule has 0 saturated carbocycles. The van der Waals surface area contributed by atoms with Gasteiger partial charge in [0.1, 0.15) is 12.3 Å². The van der Waals surface area contributed by atoms with Crippen molar-refractivity contribution in [2.75, 3.05) is 24.2 Å². The predicted octanol–water partition coefficient (Wildman–Crippen LogP) is 2.58. The van der Waals surface area contributed by atoms with Crippen molar-refractivity contribution >= 4 is 29.3 Å². The molecule has 6 nitrogen and oxygen atoms in total. The third-order valence-corrected chi connectivity index (χ3v) is 4.78. The first kappa shape index (κ1) is 16.6. The molecule has 0 spiro atoms. The summed E-state index contributed by atoms with van der Waals surface area (Å²) in [5.74, 6) is 0.207. The van der Waals surface area contributed by atoms with Crippen molar-refractivity contribution in [1.82, 2.24) is 10.1 Å². The summed E-state index contributed by atoms with van der Waals surface area (Å²) >= 11 is 1.60. The topological polar surface area (TPSA) is 66.7 Å². The van der Waals surface area contributed by atoms with Crippen molar-refractivity contribution in [3.05, 3.63) is 41.8 Å². The molecule has 1 fully saturated rings. The molecule has 24 heavy (non-hydrogen) atoms. The van der Waals surface area contributed by atoms with E-state index in [9.17, 15) is 9.59 Å². The summed E-state index contributed by atoms with van der Waals surface area (Å²) in [7, 11) is 0. The number of para-hydroxylation sites is 1. The van der Waals surface area contributed by atoms with Gasteiger partial charge < -0.3 is 14.3 Å². The van der Waals surface area contributed by atoms with Gasteiger partial charge in [-0.25, -0.2) is 0 Å². The number of piperazine rings is 1. The molecule has 1 atom stereocenters. The summed E-state index contributed by atoms with van der Waals surface area (Å²) in [6.45, 7) is 4.17. The summed E-state index contributed by atoms with van der Waals surface area (Å²) in [4.78, 5) is 29.6. The summed E-state index contributed by atoms with van der Waals surface area (Å²) in [5.41, 5.74) is 1.14. The van der Waals surface area contributed by atoms with E-state index in [1.165, 1.54) is 4.90 Å². The minimum atomic E-state index is -0.273. The van der Waals surface area contributed by atoms with Crippen molar-refractivity contribution in [1.29, 1.82) is 0 Å².